The largest absolute Gasteiger partial charge is 0.399 e. The number of aldehydes is 1. The van der Waals surface area contributed by atoms with Crippen molar-refractivity contribution in [2.75, 3.05) is 18.0 Å². The second kappa shape index (κ2) is 9.96. The molecule has 26 heavy (non-hydrogen) atoms. The summed E-state index contributed by atoms with van der Waals surface area (Å²) in [6.45, 7) is 0.607. The summed E-state index contributed by atoms with van der Waals surface area (Å²) in [5.41, 5.74) is 7.21. The van der Waals surface area contributed by atoms with Crippen LogP contribution < -0.4 is 11.1 Å². The molecule has 1 heterocycles. The molecule has 1 fully saturated rings. The van der Waals surface area contributed by atoms with E-state index in [-0.39, 0.29) is 43.5 Å². The molecule has 0 spiro atoms. The number of anilines is 1. The summed E-state index contributed by atoms with van der Waals surface area (Å²) in [5, 5.41) is 2.30. The summed E-state index contributed by atoms with van der Waals surface area (Å²) in [5.74, 6) is -0.319. The molecule has 0 bridgehead atoms. The first-order valence-corrected chi connectivity index (χ1v) is 9.48. The number of imide groups is 1. The Morgan fingerprint density at radius 1 is 1.38 bits per heavy atom. The second-order valence-corrected chi connectivity index (χ2v) is 7.27. The van der Waals surface area contributed by atoms with Gasteiger partial charge in [0, 0.05) is 43.8 Å². The van der Waals surface area contributed by atoms with Gasteiger partial charge in [0.15, 0.2) is 0 Å². The average molecular weight is 378 g/mol. The number of hydrogen-bond donors (Lipinski definition) is 2. The predicted molar refractivity (Wildman–Crippen MR) is 100 cm³/mol. The van der Waals surface area contributed by atoms with Crippen molar-refractivity contribution in [1.82, 2.24) is 10.2 Å². The maximum absolute atomic E-state index is 12.2. The number of nitrogens with two attached hydrogens (primary N) is 1. The van der Waals surface area contributed by atoms with Crippen LogP contribution in [-0.2, 0) is 25.7 Å². The van der Waals surface area contributed by atoms with Crippen LogP contribution in [0.25, 0.3) is 0 Å². The molecule has 0 aliphatic carbocycles. The van der Waals surface area contributed by atoms with Gasteiger partial charge in [-0.25, -0.2) is 0 Å². The van der Waals surface area contributed by atoms with Crippen molar-refractivity contribution in [3.63, 3.8) is 0 Å². The molecule has 3 N–H and O–H groups in total. The van der Waals surface area contributed by atoms with Gasteiger partial charge in [-0.05, 0) is 24.1 Å². The van der Waals surface area contributed by atoms with Crippen LogP contribution >= 0.6 is 11.8 Å². The maximum Gasteiger partial charge on any atom is 0.242 e. The molecule has 1 aliphatic rings. The molecule has 2 rings (SSSR count). The quantitative estimate of drug-likeness (QED) is 0.359. The molecule has 1 aliphatic heterocycles. The van der Waals surface area contributed by atoms with Crippen LogP contribution in [0.3, 0.4) is 0 Å². The van der Waals surface area contributed by atoms with E-state index < -0.39 is 11.5 Å². The molecule has 8 heteroatoms. The Morgan fingerprint density at radius 3 is 2.81 bits per heavy atom. The molecule has 0 radical (unpaired) electrons. The van der Waals surface area contributed by atoms with E-state index in [4.69, 9.17) is 7.10 Å². The zero-order valence-corrected chi connectivity index (χ0v) is 15.2. The fraction of sp³-hybridized carbons (Fsp3) is 0.444. The van der Waals surface area contributed by atoms with Crippen molar-refractivity contribution in [1.29, 1.82) is 0 Å². The first-order chi connectivity index (χ1) is 12.9. The molecule has 1 unspecified atom stereocenters. The van der Waals surface area contributed by atoms with Crippen LogP contribution in [0.2, 0.25) is 0 Å². The van der Waals surface area contributed by atoms with E-state index in [9.17, 15) is 19.2 Å². The van der Waals surface area contributed by atoms with Gasteiger partial charge in [-0.15, -0.1) is 11.8 Å². The molecule has 1 aromatic carbocycles. The highest BCUT2D eigenvalue weighted by Gasteiger charge is 2.38. The van der Waals surface area contributed by atoms with Gasteiger partial charge in [0.05, 0.1) is 5.25 Å². The third-order valence-electron chi connectivity index (χ3n) is 3.98. The third-order valence-corrected chi connectivity index (χ3v) is 5.19. The number of amides is 3. The molecule has 1 aromatic rings. The number of nitrogen functional groups attached to an aromatic ring is 1. The summed E-state index contributed by atoms with van der Waals surface area (Å²) in [4.78, 5) is 48.0. The first kappa shape index (κ1) is 18.4. The highest BCUT2D eigenvalue weighted by Crippen LogP contribution is 2.25. The zero-order chi connectivity index (χ0) is 19.8. The van der Waals surface area contributed by atoms with Crippen molar-refractivity contribution < 1.29 is 20.5 Å². The fourth-order valence-corrected chi connectivity index (χ4v) is 3.60. The van der Waals surface area contributed by atoms with Gasteiger partial charge in [-0.1, -0.05) is 12.1 Å². The Bertz CT molecular complexity index is 711. The predicted octanol–water partition coefficient (Wildman–Crippen LogP) is 1.11. The molecule has 7 nitrogen and oxygen atoms in total. The SMILES string of the molecule is [2H]C(=O)CCSC1CC(=O)N(CCCC(=O)NCc2ccc(N)cc2)C1=O. The van der Waals surface area contributed by atoms with Crippen molar-refractivity contribution >= 4 is 41.4 Å². The molecular weight excluding hydrogens is 354 g/mol. The average Bonchev–Trinajstić information content (AvgIpc) is 2.88. The van der Waals surface area contributed by atoms with Crippen LogP contribution in [0.1, 0.15) is 32.6 Å². The normalized spacial score (nSPS) is 17.3. The zero-order valence-electron chi connectivity index (χ0n) is 15.4. The summed E-state index contributed by atoms with van der Waals surface area (Å²) in [6, 6.07) is 7.20. The number of carbonyl (C=O) groups excluding carboxylic acids is 4. The molecule has 140 valence electrons. The van der Waals surface area contributed by atoms with Gasteiger partial charge in [0.25, 0.3) is 0 Å². The van der Waals surface area contributed by atoms with E-state index in [1.54, 1.807) is 12.1 Å². The van der Waals surface area contributed by atoms with Crippen molar-refractivity contribution in [2.45, 2.75) is 37.5 Å². The van der Waals surface area contributed by atoms with E-state index in [1.807, 2.05) is 12.1 Å². The monoisotopic (exact) mass is 378 g/mol. The van der Waals surface area contributed by atoms with Gasteiger partial charge >= 0.3 is 0 Å². The highest BCUT2D eigenvalue weighted by molar-refractivity contribution is 8.00. The molecule has 0 saturated carbocycles. The molecular formula is C18H23N3O4S. The first-order valence-electron chi connectivity index (χ1n) is 8.93. The summed E-state index contributed by atoms with van der Waals surface area (Å²) in [7, 11) is 0. The number of nitrogens with one attached hydrogen (secondary N) is 1. The van der Waals surface area contributed by atoms with E-state index >= 15 is 0 Å². The topological polar surface area (TPSA) is 110 Å². The Hall–Kier alpha value is -2.35. The molecule has 1 atom stereocenters. The number of thioether (sulfide) groups is 1. The lowest BCUT2D eigenvalue weighted by molar-refractivity contribution is -0.138. The standard InChI is InChI=1S/C18H23N3O4S/c19-14-6-4-13(5-7-14)12-20-16(23)3-1-8-21-17(24)11-15(18(21)25)26-10-2-9-22/h4-7,9,15H,1-3,8,10-12,19H2,(H,20,23)/i9D. The van der Waals surface area contributed by atoms with Crippen LogP contribution in [0.15, 0.2) is 24.3 Å². The Balaban J connectivity index is 1.68. The van der Waals surface area contributed by atoms with Crippen LogP contribution in [-0.4, -0.2) is 46.4 Å². The number of likely N-dealkylation sites (tertiary alicyclic amines) is 1. The Labute approximate surface area is 158 Å². The minimum Gasteiger partial charge on any atom is -0.399 e. The van der Waals surface area contributed by atoms with Gasteiger partial charge in [-0.3, -0.25) is 19.3 Å². The second-order valence-electron chi connectivity index (χ2n) is 5.96. The van der Waals surface area contributed by atoms with E-state index in [2.05, 4.69) is 5.32 Å². The summed E-state index contributed by atoms with van der Waals surface area (Å²) in [6.07, 6.45) is 0.113. The number of carbonyl (C=O) groups is 4. The van der Waals surface area contributed by atoms with Crippen molar-refractivity contribution in [3.8, 4) is 0 Å². The van der Waals surface area contributed by atoms with E-state index in [0.717, 1.165) is 5.56 Å². The molecule has 0 aromatic heterocycles. The Morgan fingerprint density at radius 2 is 2.12 bits per heavy atom. The summed E-state index contributed by atoms with van der Waals surface area (Å²) < 4.78 is 6.85. The van der Waals surface area contributed by atoms with Gasteiger partial charge in [0.2, 0.25) is 17.7 Å². The number of nitrogens with zero attached hydrogens (tertiary/aromatic N) is 1. The lowest BCUT2D eigenvalue weighted by atomic mass is 10.2. The van der Waals surface area contributed by atoms with Crippen LogP contribution in [0.5, 0.6) is 0 Å². The minimum atomic E-state index is -0.680. The lowest BCUT2D eigenvalue weighted by Gasteiger charge is -2.14. The van der Waals surface area contributed by atoms with Gasteiger partial charge in [0.1, 0.15) is 7.63 Å². The van der Waals surface area contributed by atoms with E-state index in [1.165, 1.54) is 16.7 Å². The van der Waals surface area contributed by atoms with Crippen LogP contribution in [0.4, 0.5) is 5.69 Å². The number of hydrogen-bond acceptors (Lipinski definition) is 6. The molecule has 1 saturated heterocycles. The summed E-state index contributed by atoms with van der Waals surface area (Å²) >= 11 is 1.23. The third kappa shape index (κ3) is 5.87. The van der Waals surface area contributed by atoms with Crippen LogP contribution in [0, 0.1) is 0 Å². The van der Waals surface area contributed by atoms with E-state index in [0.29, 0.717) is 24.4 Å². The maximum atomic E-state index is 12.2. The van der Waals surface area contributed by atoms with Crippen molar-refractivity contribution in [3.05, 3.63) is 29.8 Å². The smallest absolute Gasteiger partial charge is 0.242 e. The minimum absolute atomic E-state index is 0.0663. The van der Waals surface area contributed by atoms with Crippen molar-refractivity contribution in [2.24, 2.45) is 0 Å². The number of rotatable bonds is 10. The highest BCUT2D eigenvalue weighted by atomic mass is 32.2. The lowest BCUT2D eigenvalue weighted by Crippen LogP contribution is -2.33. The fourth-order valence-electron chi connectivity index (χ4n) is 2.58. The molecule has 3 amide bonds. The van der Waals surface area contributed by atoms with Gasteiger partial charge in [-0.2, -0.15) is 0 Å². The van der Waals surface area contributed by atoms with Gasteiger partial charge < -0.3 is 15.8 Å². The Kier molecular flexibility index (Phi) is 7.06. The number of benzene rings is 1.